The van der Waals surface area contributed by atoms with Crippen LogP contribution < -0.4 is 5.32 Å². The standard InChI is InChI=1S/C26H38N4O/c1-20-8-12-22(13-9-20)27-24(28-23-14-10-21(2)11-15-23)29(18-19-31)30-25(3,4)16-7-17-26(30,5)6/h8-15,31H,7,16-19H2,1-6H3,(H,27,28). The van der Waals surface area contributed by atoms with Crippen molar-refractivity contribution in [2.24, 2.45) is 4.99 Å². The van der Waals surface area contributed by atoms with E-state index in [0.717, 1.165) is 30.2 Å². The minimum atomic E-state index is -0.0556. The van der Waals surface area contributed by atoms with Crippen molar-refractivity contribution >= 4 is 17.3 Å². The molecule has 0 aromatic heterocycles. The van der Waals surface area contributed by atoms with Crippen LogP contribution in [0.15, 0.2) is 53.5 Å². The average Bonchev–Trinajstić information content (AvgIpc) is 2.69. The summed E-state index contributed by atoms with van der Waals surface area (Å²) in [6, 6.07) is 16.6. The number of aliphatic hydroxyl groups is 1. The predicted octanol–water partition coefficient (Wildman–Crippen LogP) is 5.66. The van der Waals surface area contributed by atoms with Gasteiger partial charge in [-0.15, -0.1) is 0 Å². The average molecular weight is 423 g/mol. The van der Waals surface area contributed by atoms with E-state index in [4.69, 9.17) is 4.99 Å². The van der Waals surface area contributed by atoms with Crippen molar-refractivity contribution in [3.63, 3.8) is 0 Å². The van der Waals surface area contributed by atoms with Crippen molar-refractivity contribution < 1.29 is 5.11 Å². The summed E-state index contributed by atoms with van der Waals surface area (Å²) >= 11 is 0. The number of guanidine groups is 1. The third-order valence-corrected chi connectivity index (χ3v) is 6.10. The van der Waals surface area contributed by atoms with E-state index in [1.54, 1.807) is 0 Å². The van der Waals surface area contributed by atoms with Gasteiger partial charge in [-0.05, 0) is 85.1 Å². The molecule has 31 heavy (non-hydrogen) atoms. The van der Waals surface area contributed by atoms with Gasteiger partial charge in [-0.25, -0.2) is 10.0 Å². The maximum atomic E-state index is 10.0. The van der Waals surface area contributed by atoms with E-state index in [9.17, 15) is 5.11 Å². The largest absolute Gasteiger partial charge is 0.394 e. The first-order valence-corrected chi connectivity index (χ1v) is 11.3. The molecule has 0 saturated carbocycles. The Balaban J connectivity index is 2.08. The number of piperidine rings is 1. The van der Waals surface area contributed by atoms with E-state index in [-0.39, 0.29) is 17.7 Å². The molecule has 0 radical (unpaired) electrons. The molecule has 1 fully saturated rings. The zero-order chi connectivity index (χ0) is 22.6. The minimum Gasteiger partial charge on any atom is -0.394 e. The highest BCUT2D eigenvalue weighted by Gasteiger charge is 2.45. The van der Waals surface area contributed by atoms with Crippen molar-refractivity contribution in [3.8, 4) is 0 Å². The molecule has 2 aromatic carbocycles. The van der Waals surface area contributed by atoms with Gasteiger partial charge in [0.05, 0.1) is 18.8 Å². The molecular formula is C26H38N4O. The first-order chi connectivity index (χ1) is 14.6. The van der Waals surface area contributed by atoms with Crippen LogP contribution in [0.4, 0.5) is 11.4 Å². The number of aliphatic hydroxyl groups excluding tert-OH is 1. The number of anilines is 1. The number of nitrogens with one attached hydrogen (secondary N) is 1. The SMILES string of the molecule is Cc1ccc(N=C(Nc2ccc(C)cc2)N(CCO)N2C(C)(C)CCCC2(C)C)cc1. The maximum absolute atomic E-state index is 10.0. The number of aryl methyl sites for hydroxylation is 2. The van der Waals surface area contributed by atoms with Gasteiger partial charge in [0.2, 0.25) is 5.96 Å². The topological polar surface area (TPSA) is 51.1 Å². The molecule has 0 unspecified atom stereocenters. The lowest BCUT2D eigenvalue weighted by molar-refractivity contribution is -0.149. The van der Waals surface area contributed by atoms with Crippen LogP contribution in [0.1, 0.15) is 58.1 Å². The fourth-order valence-corrected chi connectivity index (χ4v) is 4.69. The summed E-state index contributed by atoms with van der Waals surface area (Å²) in [7, 11) is 0. The van der Waals surface area contributed by atoms with Crippen LogP contribution in [-0.4, -0.2) is 45.3 Å². The molecule has 5 nitrogen and oxygen atoms in total. The number of benzene rings is 2. The Labute approximate surface area is 187 Å². The van der Waals surface area contributed by atoms with Gasteiger partial charge in [0.25, 0.3) is 0 Å². The van der Waals surface area contributed by atoms with E-state index < -0.39 is 0 Å². The summed E-state index contributed by atoms with van der Waals surface area (Å²) in [6.07, 6.45) is 3.39. The third kappa shape index (κ3) is 5.66. The molecule has 1 saturated heterocycles. The molecule has 2 aromatic rings. The highest BCUT2D eigenvalue weighted by atomic mass is 16.3. The first kappa shape index (κ1) is 23.3. The number of nitrogens with zero attached hydrogens (tertiary/aromatic N) is 3. The van der Waals surface area contributed by atoms with Crippen molar-refractivity contribution in [3.05, 3.63) is 59.7 Å². The second-order valence-electron chi connectivity index (χ2n) is 9.90. The van der Waals surface area contributed by atoms with Gasteiger partial charge < -0.3 is 10.4 Å². The Morgan fingerprint density at radius 2 is 1.45 bits per heavy atom. The lowest BCUT2D eigenvalue weighted by Crippen LogP contribution is -2.67. The molecule has 1 aliphatic heterocycles. The lowest BCUT2D eigenvalue weighted by atomic mass is 9.81. The minimum absolute atomic E-state index is 0.0468. The Kier molecular flexibility index (Phi) is 7.07. The van der Waals surface area contributed by atoms with Crippen molar-refractivity contribution in [2.75, 3.05) is 18.5 Å². The number of hydrogen-bond donors (Lipinski definition) is 2. The Morgan fingerprint density at radius 3 is 1.97 bits per heavy atom. The Hall–Kier alpha value is -2.37. The van der Waals surface area contributed by atoms with Gasteiger partial charge >= 0.3 is 0 Å². The number of rotatable bonds is 5. The van der Waals surface area contributed by atoms with Gasteiger partial charge in [0.1, 0.15) is 0 Å². The predicted molar refractivity (Wildman–Crippen MR) is 131 cm³/mol. The van der Waals surface area contributed by atoms with Crippen LogP contribution in [0.2, 0.25) is 0 Å². The summed E-state index contributed by atoms with van der Waals surface area (Å²) in [6.45, 7) is 13.8. The summed E-state index contributed by atoms with van der Waals surface area (Å²) in [5.74, 6) is 0.727. The number of hydrogen-bond acceptors (Lipinski definition) is 3. The first-order valence-electron chi connectivity index (χ1n) is 11.3. The van der Waals surface area contributed by atoms with Crippen LogP contribution in [0.5, 0.6) is 0 Å². The van der Waals surface area contributed by atoms with Crippen LogP contribution in [-0.2, 0) is 0 Å². The molecule has 0 spiro atoms. The molecule has 168 valence electrons. The molecule has 2 N–H and O–H groups in total. The highest BCUT2D eigenvalue weighted by molar-refractivity contribution is 5.95. The van der Waals surface area contributed by atoms with Crippen molar-refractivity contribution in [2.45, 2.75) is 71.9 Å². The zero-order valence-electron chi connectivity index (χ0n) is 19.9. The van der Waals surface area contributed by atoms with E-state index in [2.05, 4.69) is 93.3 Å². The fraction of sp³-hybridized carbons (Fsp3) is 0.500. The molecule has 0 amide bonds. The van der Waals surface area contributed by atoms with Crippen LogP contribution in [0, 0.1) is 13.8 Å². The molecule has 0 aliphatic carbocycles. The van der Waals surface area contributed by atoms with E-state index in [1.165, 1.54) is 17.5 Å². The summed E-state index contributed by atoms with van der Waals surface area (Å²) in [4.78, 5) is 5.02. The summed E-state index contributed by atoms with van der Waals surface area (Å²) in [5.41, 5.74) is 4.17. The number of aliphatic imine (C=N–C) groups is 1. The summed E-state index contributed by atoms with van der Waals surface area (Å²) in [5, 5.41) is 18.1. The van der Waals surface area contributed by atoms with Gasteiger partial charge in [0.15, 0.2) is 0 Å². The Morgan fingerprint density at radius 1 is 0.935 bits per heavy atom. The van der Waals surface area contributed by atoms with Crippen LogP contribution >= 0.6 is 0 Å². The van der Waals surface area contributed by atoms with Crippen LogP contribution in [0.25, 0.3) is 0 Å². The van der Waals surface area contributed by atoms with Crippen molar-refractivity contribution in [1.82, 2.24) is 10.0 Å². The Bertz CT molecular complexity index is 869. The molecule has 0 bridgehead atoms. The maximum Gasteiger partial charge on any atom is 0.218 e. The smallest absolute Gasteiger partial charge is 0.218 e. The third-order valence-electron chi connectivity index (χ3n) is 6.10. The summed E-state index contributed by atoms with van der Waals surface area (Å²) < 4.78 is 0. The van der Waals surface area contributed by atoms with Gasteiger partial charge in [-0.1, -0.05) is 35.4 Å². The molecular weight excluding hydrogens is 384 g/mol. The number of hydrazine groups is 1. The normalized spacial score (nSPS) is 18.6. The van der Waals surface area contributed by atoms with E-state index in [0.29, 0.717) is 6.54 Å². The molecule has 1 heterocycles. The zero-order valence-corrected chi connectivity index (χ0v) is 19.9. The second kappa shape index (κ2) is 9.41. The van der Waals surface area contributed by atoms with E-state index in [1.807, 2.05) is 12.1 Å². The molecule has 3 rings (SSSR count). The second-order valence-corrected chi connectivity index (χ2v) is 9.90. The monoisotopic (exact) mass is 422 g/mol. The van der Waals surface area contributed by atoms with Gasteiger partial charge in [0, 0.05) is 16.8 Å². The molecule has 5 heteroatoms. The van der Waals surface area contributed by atoms with Gasteiger partial charge in [-0.3, -0.25) is 5.01 Å². The highest BCUT2D eigenvalue weighted by Crippen LogP contribution is 2.39. The van der Waals surface area contributed by atoms with Gasteiger partial charge in [-0.2, -0.15) is 0 Å². The molecule has 0 atom stereocenters. The fourth-order valence-electron chi connectivity index (χ4n) is 4.69. The van der Waals surface area contributed by atoms with Crippen molar-refractivity contribution in [1.29, 1.82) is 0 Å². The van der Waals surface area contributed by atoms with E-state index >= 15 is 0 Å². The lowest BCUT2D eigenvalue weighted by Gasteiger charge is -2.57. The molecule has 1 aliphatic rings. The quantitative estimate of drug-likeness (QED) is 0.482. The van der Waals surface area contributed by atoms with Crippen LogP contribution in [0.3, 0.4) is 0 Å².